The lowest BCUT2D eigenvalue weighted by Gasteiger charge is -2.49. The summed E-state index contributed by atoms with van der Waals surface area (Å²) in [6.07, 6.45) is 4.78. The van der Waals surface area contributed by atoms with E-state index in [-0.39, 0.29) is 30.4 Å². The molecule has 2 aromatic carbocycles. The van der Waals surface area contributed by atoms with E-state index in [1.165, 1.54) is 22.3 Å². The first kappa shape index (κ1) is 19.2. The third-order valence-electron chi connectivity index (χ3n) is 7.35. The van der Waals surface area contributed by atoms with Gasteiger partial charge in [-0.1, -0.05) is 67.8 Å². The smallest absolute Gasteiger partial charge is 0.407 e. The van der Waals surface area contributed by atoms with Gasteiger partial charge in [0.25, 0.3) is 0 Å². The van der Waals surface area contributed by atoms with Crippen LogP contribution in [0.3, 0.4) is 0 Å². The highest BCUT2D eigenvalue weighted by Gasteiger charge is 2.54. The number of nitrogens with one attached hydrogen (secondary N) is 1. The van der Waals surface area contributed by atoms with Gasteiger partial charge in [0.1, 0.15) is 6.61 Å². The van der Waals surface area contributed by atoms with Crippen molar-refractivity contribution in [1.82, 2.24) is 5.32 Å². The summed E-state index contributed by atoms with van der Waals surface area (Å²) in [5, 5.41) is 12.6. The molecular formula is C25H27NO4. The van der Waals surface area contributed by atoms with Crippen LogP contribution in [0.25, 0.3) is 11.1 Å². The van der Waals surface area contributed by atoms with Crippen LogP contribution in [0.4, 0.5) is 4.79 Å². The maximum Gasteiger partial charge on any atom is 0.407 e. The number of carbonyl (C=O) groups excluding carboxylic acids is 1. The van der Waals surface area contributed by atoms with Crippen LogP contribution in [-0.4, -0.2) is 29.8 Å². The van der Waals surface area contributed by atoms with Crippen molar-refractivity contribution in [3.63, 3.8) is 0 Å². The van der Waals surface area contributed by atoms with E-state index in [2.05, 4.69) is 29.6 Å². The van der Waals surface area contributed by atoms with Gasteiger partial charge in [-0.2, -0.15) is 0 Å². The SMILES string of the molecule is O=C(N[C@H]1[C@@H]2CCCCC[C@@H]2[C@@H]1C(=O)O)OCC1c2ccccc2-c2ccccc21. The number of hydrogen-bond acceptors (Lipinski definition) is 3. The molecule has 0 saturated heterocycles. The van der Waals surface area contributed by atoms with E-state index in [9.17, 15) is 14.7 Å². The summed E-state index contributed by atoms with van der Waals surface area (Å²) in [5.74, 6) is -0.848. The number of alkyl carbamates (subject to hydrolysis) is 1. The number of hydrogen-bond donors (Lipinski definition) is 2. The van der Waals surface area contributed by atoms with Crippen molar-refractivity contribution in [2.45, 2.75) is 44.1 Å². The van der Waals surface area contributed by atoms with Gasteiger partial charge in [0.15, 0.2) is 0 Å². The highest BCUT2D eigenvalue weighted by atomic mass is 16.5. The molecule has 0 spiro atoms. The third kappa shape index (κ3) is 3.17. The number of benzene rings is 2. The molecule has 5 rings (SSSR count). The lowest BCUT2D eigenvalue weighted by molar-refractivity contribution is -0.154. The molecule has 0 radical (unpaired) electrons. The van der Waals surface area contributed by atoms with Gasteiger partial charge in [0.05, 0.1) is 5.92 Å². The molecule has 30 heavy (non-hydrogen) atoms. The fraction of sp³-hybridized carbons (Fsp3) is 0.440. The second-order valence-electron chi connectivity index (χ2n) is 8.83. The van der Waals surface area contributed by atoms with Crippen LogP contribution < -0.4 is 5.32 Å². The molecule has 3 aliphatic rings. The van der Waals surface area contributed by atoms with E-state index in [0.717, 1.165) is 32.1 Å². The van der Waals surface area contributed by atoms with Crippen molar-refractivity contribution in [3.8, 4) is 11.1 Å². The predicted molar refractivity (Wildman–Crippen MR) is 113 cm³/mol. The average Bonchev–Trinajstić information content (AvgIpc) is 2.91. The fourth-order valence-corrected chi connectivity index (χ4v) is 5.95. The van der Waals surface area contributed by atoms with Gasteiger partial charge in [-0.25, -0.2) is 4.79 Å². The van der Waals surface area contributed by atoms with Crippen LogP contribution in [0.2, 0.25) is 0 Å². The molecule has 156 valence electrons. The maximum atomic E-state index is 12.6. The largest absolute Gasteiger partial charge is 0.481 e. The van der Waals surface area contributed by atoms with Crippen molar-refractivity contribution in [3.05, 3.63) is 59.7 Å². The van der Waals surface area contributed by atoms with E-state index in [1.807, 2.05) is 24.3 Å². The first-order valence-electron chi connectivity index (χ1n) is 11.0. The Kier molecular flexibility index (Phi) is 4.97. The van der Waals surface area contributed by atoms with Crippen molar-refractivity contribution in [2.75, 3.05) is 6.61 Å². The number of fused-ring (bicyclic) bond motifs is 4. The summed E-state index contributed by atoms with van der Waals surface area (Å²) >= 11 is 0. The first-order valence-corrected chi connectivity index (χ1v) is 11.0. The van der Waals surface area contributed by atoms with Crippen LogP contribution >= 0.6 is 0 Å². The summed E-state index contributed by atoms with van der Waals surface area (Å²) in [5.41, 5.74) is 4.71. The van der Waals surface area contributed by atoms with Crippen molar-refractivity contribution >= 4 is 12.1 Å². The van der Waals surface area contributed by atoms with Crippen molar-refractivity contribution in [2.24, 2.45) is 17.8 Å². The Bertz CT molecular complexity index is 926. The normalized spacial score (nSPS) is 27.1. The highest BCUT2D eigenvalue weighted by molar-refractivity contribution is 5.79. The van der Waals surface area contributed by atoms with Crippen LogP contribution in [0, 0.1) is 17.8 Å². The Morgan fingerprint density at radius 1 is 0.900 bits per heavy atom. The van der Waals surface area contributed by atoms with Gasteiger partial charge in [-0.05, 0) is 46.9 Å². The zero-order valence-electron chi connectivity index (χ0n) is 16.9. The van der Waals surface area contributed by atoms with Gasteiger partial charge in [0.2, 0.25) is 0 Å². The first-order chi connectivity index (χ1) is 14.6. The molecular weight excluding hydrogens is 378 g/mol. The Labute approximate surface area is 176 Å². The average molecular weight is 405 g/mol. The van der Waals surface area contributed by atoms with Crippen LogP contribution in [0.5, 0.6) is 0 Å². The number of amides is 1. The standard InChI is InChI=1S/C25H27NO4/c27-24(28)22-19-12-2-1-3-13-20(19)23(22)26-25(29)30-14-21-17-10-6-4-8-15(17)16-9-5-7-11-18(16)21/h4-11,19-23H,1-3,12-14H2,(H,26,29)(H,27,28)/t19-,20+,22-,23-/m0/s1. The monoisotopic (exact) mass is 405 g/mol. The van der Waals surface area contributed by atoms with Crippen LogP contribution in [0.1, 0.15) is 49.1 Å². The Morgan fingerprint density at radius 3 is 2.13 bits per heavy atom. The van der Waals surface area contributed by atoms with Crippen molar-refractivity contribution in [1.29, 1.82) is 0 Å². The highest BCUT2D eigenvalue weighted by Crippen LogP contribution is 2.49. The van der Waals surface area contributed by atoms with Crippen LogP contribution in [0.15, 0.2) is 48.5 Å². The van der Waals surface area contributed by atoms with E-state index in [4.69, 9.17) is 4.74 Å². The van der Waals surface area contributed by atoms with Crippen LogP contribution in [-0.2, 0) is 9.53 Å². The minimum atomic E-state index is -0.804. The third-order valence-corrected chi connectivity index (χ3v) is 7.35. The lowest BCUT2D eigenvalue weighted by Crippen LogP contribution is -2.62. The second-order valence-corrected chi connectivity index (χ2v) is 8.83. The fourth-order valence-electron chi connectivity index (χ4n) is 5.95. The molecule has 0 bridgehead atoms. The number of carboxylic acids is 1. The van der Waals surface area contributed by atoms with E-state index < -0.39 is 18.0 Å². The number of carboxylic acid groups (broad SMARTS) is 1. The quantitative estimate of drug-likeness (QED) is 0.766. The number of ether oxygens (including phenoxy) is 1. The molecule has 0 heterocycles. The number of rotatable bonds is 4. The minimum absolute atomic E-state index is 0.00504. The summed E-state index contributed by atoms with van der Waals surface area (Å²) in [6.45, 7) is 0.248. The molecule has 0 aromatic heterocycles. The zero-order valence-corrected chi connectivity index (χ0v) is 16.9. The van der Waals surface area contributed by atoms with Gasteiger partial charge in [0, 0.05) is 12.0 Å². The summed E-state index contributed by atoms with van der Waals surface area (Å²) in [6, 6.07) is 16.1. The Hall–Kier alpha value is -2.82. The molecule has 0 aliphatic heterocycles. The predicted octanol–water partition coefficient (Wildman–Crippen LogP) is 4.80. The maximum absolute atomic E-state index is 12.6. The molecule has 2 N–H and O–H groups in total. The van der Waals surface area contributed by atoms with Gasteiger partial charge >= 0.3 is 12.1 Å². The Balaban J connectivity index is 1.27. The van der Waals surface area contributed by atoms with Crippen molar-refractivity contribution < 1.29 is 19.4 Å². The molecule has 1 amide bonds. The summed E-state index contributed by atoms with van der Waals surface area (Å²) in [4.78, 5) is 24.4. The molecule has 2 saturated carbocycles. The number of aliphatic carboxylic acids is 1. The van der Waals surface area contributed by atoms with E-state index >= 15 is 0 Å². The van der Waals surface area contributed by atoms with Gasteiger partial charge < -0.3 is 15.2 Å². The molecule has 4 atom stereocenters. The molecule has 5 heteroatoms. The van der Waals surface area contributed by atoms with E-state index in [0.29, 0.717) is 0 Å². The molecule has 2 aromatic rings. The van der Waals surface area contributed by atoms with Gasteiger partial charge in [-0.3, -0.25) is 4.79 Å². The number of carbonyl (C=O) groups is 2. The van der Waals surface area contributed by atoms with Gasteiger partial charge in [-0.15, -0.1) is 0 Å². The Morgan fingerprint density at radius 2 is 1.50 bits per heavy atom. The second kappa shape index (κ2) is 7.78. The molecule has 3 aliphatic carbocycles. The lowest BCUT2D eigenvalue weighted by atomic mass is 9.58. The zero-order chi connectivity index (χ0) is 20.7. The minimum Gasteiger partial charge on any atom is -0.481 e. The van der Waals surface area contributed by atoms with E-state index in [1.54, 1.807) is 0 Å². The summed E-state index contributed by atoms with van der Waals surface area (Å²) < 4.78 is 5.64. The topological polar surface area (TPSA) is 75.6 Å². The molecule has 0 unspecified atom stereocenters. The summed E-state index contributed by atoms with van der Waals surface area (Å²) in [7, 11) is 0. The molecule has 2 fully saturated rings. The molecule has 5 nitrogen and oxygen atoms in total.